The number of benzene rings is 2. The third-order valence-electron chi connectivity index (χ3n) is 5.87. The van der Waals surface area contributed by atoms with Gasteiger partial charge in [-0.25, -0.2) is 0 Å². The lowest BCUT2D eigenvalue weighted by Crippen LogP contribution is -2.25. The number of nitrogens with zero attached hydrogens (tertiary/aromatic N) is 3. The van der Waals surface area contributed by atoms with E-state index in [9.17, 15) is 9.59 Å². The molecule has 0 aliphatic heterocycles. The molecule has 1 N–H and O–H groups in total. The summed E-state index contributed by atoms with van der Waals surface area (Å²) >= 11 is 0. The van der Waals surface area contributed by atoms with Crippen molar-refractivity contribution in [1.82, 2.24) is 14.3 Å². The van der Waals surface area contributed by atoms with Crippen LogP contribution in [-0.4, -0.2) is 20.3 Å². The third kappa shape index (κ3) is 3.54. The maximum atomic E-state index is 13.3. The van der Waals surface area contributed by atoms with Crippen LogP contribution in [0.5, 0.6) is 0 Å². The molecule has 1 atom stereocenters. The van der Waals surface area contributed by atoms with Crippen molar-refractivity contribution >= 4 is 22.4 Å². The fourth-order valence-electron chi connectivity index (χ4n) is 4.14. The summed E-state index contributed by atoms with van der Waals surface area (Å²) in [5.41, 5.74) is 5.02. The molecule has 0 radical (unpaired) electrons. The standard InChI is InChI=1S/C25H26N4O2/c1-15-11-12-16(2)22(13-15)27-24(30)19(5)28-17(3)21-14-26-29(20-9-7-6-8-10-20)25(31)23(21)18(28)4/h6-14,19H,1-5H3,(H,27,30)/t19-/m0/s1. The van der Waals surface area contributed by atoms with E-state index in [1.165, 1.54) is 4.68 Å². The zero-order chi connectivity index (χ0) is 22.3. The smallest absolute Gasteiger partial charge is 0.281 e. The Morgan fingerprint density at radius 1 is 1.00 bits per heavy atom. The van der Waals surface area contributed by atoms with E-state index in [0.29, 0.717) is 11.1 Å². The van der Waals surface area contributed by atoms with E-state index in [1.807, 2.05) is 87.7 Å². The summed E-state index contributed by atoms with van der Waals surface area (Å²) in [6, 6.07) is 14.8. The van der Waals surface area contributed by atoms with Gasteiger partial charge in [-0.3, -0.25) is 9.59 Å². The van der Waals surface area contributed by atoms with Gasteiger partial charge in [-0.1, -0.05) is 30.3 Å². The van der Waals surface area contributed by atoms with E-state index in [0.717, 1.165) is 33.6 Å². The van der Waals surface area contributed by atoms with Crippen LogP contribution in [0.2, 0.25) is 0 Å². The number of hydrogen-bond acceptors (Lipinski definition) is 3. The second-order valence-corrected chi connectivity index (χ2v) is 8.01. The monoisotopic (exact) mass is 414 g/mol. The molecular weight excluding hydrogens is 388 g/mol. The summed E-state index contributed by atoms with van der Waals surface area (Å²) in [6.45, 7) is 9.62. The van der Waals surface area contributed by atoms with E-state index < -0.39 is 6.04 Å². The number of aromatic nitrogens is 3. The Hall–Kier alpha value is -3.67. The number of fused-ring (bicyclic) bond motifs is 1. The predicted molar refractivity (Wildman–Crippen MR) is 124 cm³/mol. The molecule has 2 aromatic heterocycles. The molecule has 31 heavy (non-hydrogen) atoms. The first-order valence-corrected chi connectivity index (χ1v) is 10.3. The SMILES string of the molecule is Cc1ccc(C)c(NC(=O)[C@H](C)n2c(C)c3cnn(-c4ccccc4)c(=O)c3c2C)c1. The van der Waals surface area contributed by atoms with Crippen molar-refractivity contribution in [3.05, 3.63) is 87.6 Å². The van der Waals surface area contributed by atoms with Crippen LogP contribution in [0, 0.1) is 27.7 Å². The lowest BCUT2D eigenvalue weighted by atomic mass is 10.1. The van der Waals surface area contributed by atoms with Crippen molar-refractivity contribution < 1.29 is 4.79 Å². The van der Waals surface area contributed by atoms with Crippen molar-refractivity contribution in [2.24, 2.45) is 0 Å². The van der Waals surface area contributed by atoms with Gasteiger partial charge in [0.2, 0.25) is 5.91 Å². The maximum absolute atomic E-state index is 13.3. The first-order valence-electron chi connectivity index (χ1n) is 10.3. The zero-order valence-electron chi connectivity index (χ0n) is 18.4. The van der Waals surface area contributed by atoms with Crippen molar-refractivity contribution in [1.29, 1.82) is 0 Å². The average molecular weight is 415 g/mol. The fraction of sp³-hybridized carbons (Fsp3) is 0.240. The molecule has 2 aromatic carbocycles. The number of amides is 1. The number of aryl methyl sites for hydroxylation is 4. The minimum atomic E-state index is -0.489. The lowest BCUT2D eigenvalue weighted by Gasteiger charge is -2.19. The first kappa shape index (κ1) is 20.6. The number of rotatable bonds is 4. The van der Waals surface area contributed by atoms with E-state index in [4.69, 9.17) is 0 Å². The number of para-hydroxylation sites is 1. The number of anilines is 1. The van der Waals surface area contributed by atoms with E-state index in [2.05, 4.69) is 10.4 Å². The molecule has 0 saturated heterocycles. The average Bonchev–Trinajstić information content (AvgIpc) is 3.01. The Bertz CT molecular complexity index is 1350. The van der Waals surface area contributed by atoms with Gasteiger partial charge >= 0.3 is 0 Å². The summed E-state index contributed by atoms with van der Waals surface area (Å²) in [5, 5.41) is 8.77. The quantitative estimate of drug-likeness (QED) is 0.530. The van der Waals surface area contributed by atoms with Crippen molar-refractivity contribution in [2.45, 2.75) is 40.7 Å². The van der Waals surface area contributed by atoms with Crippen molar-refractivity contribution in [3.8, 4) is 5.69 Å². The number of hydrogen-bond donors (Lipinski definition) is 1. The number of carbonyl (C=O) groups excluding carboxylic acids is 1. The van der Waals surface area contributed by atoms with Crippen LogP contribution >= 0.6 is 0 Å². The normalized spacial score (nSPS) is 12.2. The first-order chi connectivity index (χ1) is 14.8. The highest BCUT2D eigenvalue weighted by atomic mass is 16.2. The fourth-order valence-corrected chi connectivity index (χ4v) is 4.14. The van der Waals surface area contributed by atoms with Crippen LogP contribution in [0.1, 0.15) is 35.5 Å². The summed E-state index contributed by atoms with van der Waals surface area (Å²) < 4.78 is 3.32. The molecule has 0 bridgehead atoms. The van der Waals surface area contributed by atoms with Crippen LogP contribution in [0.25, 0.3) is 16.5 Å². The van der Waals surface area contributed by atoms with Gasteiger partial charge in [0.25, 0.3) is 5.56 Å². The Morgan fingerprint density at radius 2 is 1.71 bits per heavy atom. The van der Waals surface area contributed by atoms with Crippen LogP contribution in [0.15, 0.2) is 59.5 Å². The zero-order valence-corrected chi connectivity index (χ0v) is 18.4. The Morgan fingerprint density at radius 3 is 2.42 bits per heavy atom. The van der Waals surface area contributed by atoms with Gasteiger partial charge in [0.15, 0.2) is 0 Å². The molecule has 0 unspecified atom stereocenters. The summed E-state index contributed by atoms with van der Waals surface area (Å²) in [7, 11) is 0. The summed E-state index contributed by atoms with van der Waals surface area (Å²) in [5.74, 6) is -0.128. The number of carbonyl (C=O) groups is 1. The molecule has 158 valence electrons. The van der Waals surface area contributed by atoms with Crippen molar-refractivity contribution in [3.63, 3.8) is 0 Å². The molecule has 4 aromatic rings. The predicted octanol–water partition coefficient (Wildman–Crippen LogP) is 4.62. The Kier molecular flexibility index (Phi) is 5.23. The Balaban J connectivity index is 1.77. The molecule has 4 rings (SSSR count). The topological polar surface area (TPSA) is 68.9 Å². The largest absolute Gasteiger partial charge is 0.336 e. The second kappa shape index (κ2) is 7.87. The van der Waals surface area contributed by atoms with Crippen LogP contribution in [-0.2, 0) is 4.79 Å². The highest BCUT2D eigenvalue weighted by molar-refractivity contribution is 5.96. The van der Waals surface area contributed by atoms with Gasteiger partial charge in [-0.2, -0.15) is 9.78 Å². The Labute approximate surface area is 181 Å². The van der Waals surface area contributed by atoms with Crippen LogP contribution < -0.4 is 10.9 Å². The van der Waals surface area contributed by atoms with Gasteiger partial charge in [0.1, 0.15) is 6.04 Å². The highest BCUT2D eigenvalue weighted by Gasteiger charge is 2.24. The molecule has 0 aliphatic carbocycles. The molecule has 1 amide bonds. The summed E-state index contributed by atoms with van der Waals surface area (Å²) in [4.78, 5) is 26.4. The number of nitrogens with one attached hydrogen (secondary N) is 1. The third-order valence-corrected chi connectivity index (χ3v) is 5.87. The van der Waals surface area contributed by atoms with Crippen LogP contribution in [0.4, 0.5) is 5.69 Å². The van der Waals surface area contributed by atoms with Gasteiger partial charge in [-0.05, 0) is 63.9 Å². The molecule has 0 saturated carbocycles. The highest BCUT2D eigenvalue weighted by Crippen LogP contribution is 2.27. The molecule has 0 aliphatic rings. The van der Waals surface area contributed by atoms with E-state index >= 15 is 0 Å². The van der Waals surface area contributed by atoms with Crippen LogP contribution in [0.3, 0.4) is 0 Å². The molecule has 0 spiro atoms. The van der Waals surface area contributed by atoms with Crippen molar-refractivity contribution in [2.75, 3.05) is 5.32 Å². The molecule has 2 heterocycles. The minimum Gasteiger partial charge on any atom is -0.336 e. The van der Waals surface area contributed by atoms with Gasteiger partial charge in [-0.15, -0.1) is 0 Å². The van der Waals surface area contributed by atoms with E-state index in [-0.39, 0.29) is 11.5 Å². The second-order valence-electron chi connectivity index (χ2n) is 8.01. The molecular formula is C25H26N4O2. The van der Waals surface area contributed by atoms with Gasteiger partial charge in [0, 0.05) is 22.5 Å². The summed E-state index contributed by atoms with van der Waals surface area (Å²) in [6.07, 6.45) is 1.71. The molecule has 6 nitrogen and oxygen atoms in total. The lowest BCUT2D eigenvalue weighted by molar-refractivity contribution is -0.118. The minimum absolute atomic E-state index is 0.128. The van der Waals surface area contributed by atoms with E-state index in [1.54, 1.807) is 6.20 Å². The maximum Gasteiger partial charge on any atom is 0.281 e. The van der Waals surface area contributed by atoms with Gasteiger partial charge < -0.3 is 9.88 Å². The molecule has 6 heteroatoms. The molecule has 0 fully saturated rings. The van der Waals surface area contributed by atoms with Gasteiger partial charge in [0.05, 0.1) is 17.3 Å².